The van der Waals surface area contributed by atoms with Crippen molar-refractivity contribution < 1.29 is 14.1 Å². The van der Waals surface area contributed by atoms with Crippen LogP contribution in [-0.2, 0) is 11.2 Å². The lowest BCUT2D eigenvalue weighted by atomic mass is 9.78. The average molecular weight is 347 g/mol. The zero-order valence-corrected chi connectivity index (χ0v) is 15.3. The van der Waals surface area contributed by atoms with Gasteiger partial charge in [0.2, 0.25) is 5.91 Å². The molecule has 3 rings (SSSR count). The molecule has 0 radical (unpaired) electrons. The number of ketones is 1. The maximum Gasteiger partial charge on any atom is 0.233 e. The number of aryl methyl sites for hydroxylation is 2. The van der Waals surface area contributed by atoms with Crippen LogP contribution in [0.2, 0.25) is 0 Å². The molecule has 1 atom stereocenters. The Bertz CT molecular complexity index is 800. The topological polar surface area (TPSA) is 85.1 Å². The molecule has 0 aromatic carbocycles. The number of Topliss-reactive ketones (excluding diaryl/α,β-unsaturated/α-hetero) is 1. The van der Waals surface area contributed by atoms with Gasteiger partial charge in [-0.2, -0.15) is 0 Å². The van der Waals surface area contributed by atoms with Crippen molar-refractivity contribution in [3.8, 4) is 0 Å². The first kappa shape index (κ1) is 16.8. The summed E-state index contributed by atoms with van der Waals surface area (Å²) in [5.41, 5.74) is 2.22. The lowest BCUT2D eigenvalue weighted by Crippen LogP contribution is -2.26. The summed E-state index contributed by atoms with van der Waals surface area (Å²) in [5, 5.41) is 7.21. The van der Waals surface area contributed by atoms with Crippen molar-refractivity contribution in [2.24, 2.45) is 5.41 Å². The normalized spacial score (nSPS) is 17.5. The Morgan fingerprint density at radius 1 is 1.33 bits per heavy atom. The molecular weight excluding hydrogens is 326 g/mol. The van der Waals surface area contributed by atoms with E-state index in [4.69, 9.17) is 4.52 Å². The fourth-order valence-electron chi connectivity index (χ4n) is 3.23. The van der Waals surface area contributed by atoms with Gasteiger partial charge in [-0.05, 0) is 32.6 Å². The number of fused-ring (bicyclic) bond motifs is 1. The number of hydrogen-bond acceptors (Lipinski definition) is 6. The van der Waals surface area contributed by atoms with E-state index in [2.05, 4.69) is 29.3 Å². The van der Waals surface area contributed by atoms with E-state index in [0.717, 1.165) is 17.7 Å². The van der Waals surface area contributed by atoms with Gasteiger partial charge in [-0.15, -0.1) is 0 Å². The van der Waals surface area contributed by atoms with Crippen molar-refractivity contribution in [3.63, 3.8) is 0 Å². The van der Waals surface area contributed by atoms with E-state index in [1.807, 2.05) is 13.8 Å². The predicted molar refractivity (Wildman–Crippen MR) is 91.6 cm³/mol. The number of nitrogens with one attached hydrogen (secondary N) is 1. The Hall–Kier alpha value is -2.02. The second-order valence-electron chi connectivity index (χ2n) is 7.18. The molecule has 0 fully saturated rings. The molecule has 2 heterocycles. The molecular formula is C17H21N3O3S. The minimum absolute atomic E-state index is 0.0799. The second-order valence-corrected chi connectivity index (χ2v) is 8.18. The predicted octanol–water partition coefficient (Wildman–Crippen LogP) is 3.65. The largest absolute Gasteiger partial charge is 0.361 e. The highest BCUT2D eigenvalue weighted by Gasteiger charge is 2.34. The number of thiazole rings is 1. The van der Waals surface area contributed by atoms with Crippen LogP contribution in [0.25, 0.3) is 0 Å². The van der Waals surface area contributed by atoms with Gasteiger partial charge < -0.3 is 9.84 Å². The summed E-state index contributed by atoms with van der Waals surface area (Å²) in [6.45, 7) is 9.54. The first-order valence-corrected chi connectivity index (χ1v) is 8.76. The third kappa shape index (κ3) is 3.00. The first-order valence-electron chi connectivity index (χ1n) is 7.94. The molecule has 1 N–H and O–H groups in total. The van der Waals surface area contributed by atoms with Gasteiger partial charge >= 0.3 is 0 Å². The number of anilines is 1. The zero-order valence-electron chi connectivity index (χ0n) is 14.5. The minimum Gasteiger partial charge on any atom is -0.361 e. The highest BCUT2D eigenvalue weighted by Crippen LogP contribution is 2.38. The Kier molecular flexibility index (Phi) is 4.07. The molecule has 2 aromatic rings. The quantitative estimate of drug-likeness (QED) is 0.916. The van der Waals surface area contributed by atoms with Crippen molar-refractivity contribution >= 4 is 28.2 Å². The Morgan fingerprint density at radius 3 is 2.67 bits per heavy atom. The number of aromatic nitrogens is 2. The fraction of sp³-hybridized carbons (Fsp3) is 0.529. The Balaban J connectivity index is 1.80. The molecule has 7 heteroatoms. The van der Waals surface area contributed by atoms with E-state index < -0.39 is 5.92 Å². The molecule has 1 aliphatic rings. The smallest absolute Gasteiger partial charge is 0.233 e. The van der Waals surface area contributed by atoms with Gasteiger partial charge in [-0.1, -0.05) is 30.3 Å². The summed E-state index contributed by atoms with van der Waals surface area (Å²) >= 11 is 1.26. The van der Waals surface area contributed by atoms with Gasteiger partial charge in [0, 0.05) is 12.0 Å². The Morgan fingerprint density at radius 2 is 2.04 bits per heavy atom. The number of carbonyl (C=O) groups is 2. The molecule has 1 amide bonds. The highest BCUT2D eigenvalue weighted by molar-refractivity contribution is 7.17. The maximum absolute atomic E-state index is 12.5. The van der Waals surface area contributed by atoms with Gasteiger partial charge in [0.05, 0.1) is 22.2 Å². The molecule has 0 saturated heterocycles. The number of amides is 1. The van der Waals surface area contributed by atoms with Gasteiger partial charge in [0.25, 0.3) is 0 Å². The fourth-order valence-corrected chi connectivity index (χ4v) is 4.15. The summed E-state index contributed by atoms with van der Waals surface area (Å²) in [4.78, 5) is 29.9. The molecule has 0 saturated carbocycles. The van der Waals surface area contributed by atoms with Crippen LogP contribution in [0.1, 0.15) is 65.5 Å². The molecule has 24 heavy (non-hydrogen) atoms. The molecule has 0 spiro atoms. The van der Waals surface area contributed by atoms with E-state index in [9.17, 15) is 9.59 Å². The van der Waals surface area contributed by atoms with Gasteiger partial charge in [0.1, 0.15) is 5.76 Å². The summed E-state index contributed by atoms with van der Waals surface area (Å²) in [7, 11) is 0. The number of hydrogen-bond donors (Lipinski definition) is 1. The van der Waals surface area contributed by atoms with Crippen LogP contribution in [-0.4, -0.2) is 21.8 Å². The van der Waals surface area contributed by atoms with Crippen molar-refractivity contribution in [1.82, 2.24) is 10.1 Å². The standard InChI is InChI=1S/C17H21N3O3S/c1-8(13-9(2)20-23-10(13)3)15(22)19-16-18-11-6-17(4,5)7-12(21)14(11)24-16/h8H,6-7H2,1-5H3,(H,18,19,22). The summed E-state index contributed by atoms with van der Waals surface area (Å²) in [6.07, 6.45) is 1.27. The Labute approximate surface area is 144 Å². The first-order chi connectivity index (χ1) is 11.2. The van der Waals surface area contributed by atoms with Crippen LogP contribution in [0, 0.1) is 19.3 Å². The molecule has 6 nitrogen and oxygen atoms in total. The van der Waals surface area contributed by atoms with Crippen LogP contribution in [0.4, 0.5) is 5.13 Å². The number of rotatable bonds is 3. The lowest BCUT2D eigenvalue weighted by molar-refractivity contribution is -0.117. The van der Waals surface area contributed by atoms with Crippen molar-refractivity contribution in [2.75, 3.05) is 5.32 Å². The third-order valence-corrected chi connectivity index (χ3v) is 5.43. The van der Waals surface area contributed by atoms with E-state index in [0.29, 0.717) is 27.9 Å². The third-order valence-electron chi connectivity index (χ3n) is 4.38. The van der Waals surface area contributed by atoms with Crippen LogP contribution < -0.4 is 5.32 Å². The summed E-state index contributed by atoms with van der Waals surface area (Å²) in [5.74, 6) is 0.176. The number of carbonyl (C=O) groups excluding carboxylic acids is 2. The van der Waals surface area contributed by atoms with E-state index in [-0.39, 0.29) is 17.1 Å². The molecule has 2 aromatic heterocycles. The van der Waals surface area contributed by atoms with Gasteiger partial charge in [-0.3, -0.25) is 9.59 Å². The van der Waals surface area contributed by atoms with E-state index in [1.165, 1.54) is 11.3 Å². The monoisotopic (exact) mass is 347 g/mol. The van der Waals surface area contributed by atoms with Crippen LogP contribution in [0.5, 0.6) is 0 Å². The van der Waals surface area contributed by atoms with E-state index >= 15 is 0 Å². The minimum atomic E-state index is -0.399. The lowest BCUT2D eigenvalue weighted by Gasteiger charge is -2.26. The van der Waals surface area contributed by atoms with Crippen LogP contribution in [0.15, 0.2) is 4.52 Å². The second kappa shape index (κ2) is 5.81. The van der Waals surface area contributed by atoms with E-state index in [1.54, 1.807) is 6.92 Å². The zero-order chi connectivity index (χ0) is 17.6. The van der Waals surface area contributed by atoms with Gasteiger partial charge in [-0.25, -0.2) is 4.98 Å². The highest BCUT2D eigenvalue weighted by atomic mass is 32.1. The maximum atomic E-state index is 12.5. The average Bonchev–Trinajstić information content (AvgIpc) is 3.00. The summed E-state index contributed by atoms with van der Waals surface area (Å²) < 4.78 is 5.13. The molecule has 0 aliphatic heterocycles. The van der Waals surface area contributed by atoms with Crippen molar-refractivity contribution in [3.05, 3.63) is 27.6 Å². The van der Waals surface area contributed by atoms with Crippen molar-refractivity contribution in [2.45, 2.75) is 53.4 Å². The molecule has 1 unspecified atom stereocenters. The molecule has 0 bridgehead atoms. The SMILES string of the molecule is Cc1noc(C)c1C(C)C(=O)Nc1nc2c(s1)C(=O)CC(C)(C)C2. The molecule has 1 aliphatic carbocycles. The van der Waals surface area contributed by atoms with Crippen LogP contribution in [0.3, 0.4) is 0 Å². The molecule has 128 valence electrons. The van der Waals surface area contributed by atoms with Gasteiger partial charge in [0.15, 0.2) is 10.9 Å². The van der Waals surface area contributed by atoms with Crippen molar-refractivity contribution in [1.29, 1.82) is 0 Å². The summed E-state index contributed by atoms with van der Waals surface area (Å²) in [6, 6.07) is 0. The number of nitrogens with zero attached hydrogens (tertiary/aromatic N) is 2. The van der Waals surface area contributed by atoms with Crippen LogP contribution >= 0.6 is 11.3 Å².